The van der Waals surface area contributed by atoms with E-state index >= 15 is 0 Å². The highest BCUT2D eigenvalue weighted by atomic mass is 32.2. The van der Waals surface area contributed by atoms with E-state index in [0.29, 0.717) is 17.9 Å². The second-order valence-corrected chi connectivity index (χ2v) is 9.40. The van der Waals surface area contributed by atoms with Gasteiger partial charge in [0.25, 0.3) is 0 Å². The lowest BCUT2D eigenvalue weighted by Crippen LogP contribution is -2.45. The second kappa shape index (κ2) is 7.62. The van der Waals surface area contributed by atoms with E-state index in [-0.39, 0.29) is 11.2 Å². The monoisotopic (exact) mass is 385 g/mol. The molecule has 0 unspecified atom stereocenters. The molecule has 2 aromatic rings. The number of carbonyl (C=O) groups is 1. The van der Waals surface area contributed by atoms with E-state index in [1.54, 1.807) is 24.2 Å². The van der Waals surface area contributed by atoms with Crippen LogP contribution in [-0.4, -0.2) is 48.9 Å². The number of aromatic nitrogens is 4. The van der Waals surface area contributed by atoms with Gasteiger partial charge >= 0.3 is 0 Å². The molecular formula is C20H27N5OS. The fraction of sp³-hybridized carbons (Fsp3) is 0.600. The van der Waals surface area contributed by atoms with Crippen LogP contribution in [0.2, 0.25) is 0 Å². The molecule has 27 heavy (non-hydrogen) atoms. The van der Waals surface area contributed by atoms with Crippen molar-refractivity contribution >= 4 is 17.7 Å². The summed E-state index contributed by atoms with van der Waals surface area (Å²) < 4.78 is 2.21. The first kappa shape index (κ1) is 18.5. The van der Waals surface area contributed by atoms with E-state index in [9.17, 15) is 4.79 Å². The molecule has 2 aromatic heterocycles. The van der Waals surface area contributed by atoms with Crippen molar-refractivity contribution < 1.29 is 4.79 Å². The van der Waals surface area contributed by atoms with Gasteiger partial charge in [-0.05, 0) is 50.2 Å². The average Bonchev–Trinajstić information content (AvgIpc) is 3.41. The van der Waals surface area contributed by atoms with Gasteiger partial charge in [0.15, 0.2) is 11.0 Å². The van der Waals surface area contributed by atoms with Crippen LogP contribution in [0.5, 0.6) is 0 Å². The molecule has 0 radical (unpaired) electrons. The number of likely N-dealkylation sites (tertiary alicyclic amines) is 1. The smallest absolute Gasteiger partial charge is 0.235 e. The molecule has 1 saturated carbocycles. The molecule has 0 spiro atoms. The van der Waals surface area contributed by atoms with Crippen molar-refractivity contribution in [3.05, 3.63) is 24.5 Å². The Labute approximate surface area is 164 Å². The Morgan fingerprint density at radius 2 is 1.81 bits per heavy atom. The predicted octanol–water partition coefficient (Wildman–Crippen LogP) is 3.66. The zero-order chi connectivity index (χ0) is 19.0. The maximum absolute atomic E-state index is 13.0. The average molecular weight is 386 g/mol. The standard InChI is InChI=1S/C20H27N5OS/c1-13-10-14(2)12-24(11-13)19(26)15(3)27-20-23-22-18(25(20)17-4-5-17)16-6-8-21-9-7-16/h6-9,13-15,17H,4-5,10-12H2,1-3H3/t13-,14-,15+/m1/s1. The zero-order valence-electron chi connectivity index (χ0n) is 16.2. The first-order chi connectivity index (χ1) is 13.0. The van der Waals surface area contributed by atoms with Crippen LogP contribution < -0.4 is 0 Å². The largest absolute Gasteiger partial charge is 0.341 e. The highest BCUT2D eigenvalue weighted by Gasteiger charge is 2.33. The molecule has 3 heterocycles. The van der Waals surface area contributed by atoms with Gasteiger partial charge in [0.1, 0.15) is 0 Å². The SMILES string of the molecule is C[C@@H]1C[C@@H](C)CN(C(=O)[C@H](C)Sc2nnc(-c3ccncc3)n2C2CC2)C1. The minimum absolute atomic E-state index is 0.158. The summed E-state index contributed by atoms with van der Waals surface area (Å²) in [7, 11) is 0. The fourth-order valence-corrected chi connectivity index (χ4v) is 5.03. The number of hydrogen-bond donors (Lipinski definition) is 0. The van der Waals surface area contributed by atoms with E-state index < -0.39 is 0 Å². The van der Waals surface area contributed by atoms with Crippen LogP contribution in [0.25, 0.3) is 11.4 Å². The summed E-state index contributed by atoms with van der Waals surface area (Å²) in [5.74, 6) is 2.24. The maximum Gasteiger partial charge on any atom is 0.235 e. The van der Waals surface area contributed by atoms with Gasteiger partial charge in [-0.2, -0.15) is 0 Å². The molecule has 1 saturated heterocycles. The molecule has 0 bridgehead atoms. The van der Waals surface area contributed by atoms with Crippen molar-refractivity contribution in [1.82, 2.24) is 24.6 Å². The molecule has 2 fully saturated rings. The Hall–Kier alpha value is -1.89. The summed E-state index contributed by atoms with van der Waals surface area (Å²) in [5, 5.41) is 9.56. The van der Waals surface area contributed by atoms with Crippen LogP contribution in [0.1, 0.15) is 46.1 Å². The number of piperidine rings is 1. The Morgan fingerprint density at radius 1 is 1.15 bits per heavy atom. The number of hydrogen-bond acceptors (Lipinski definition) is 5. The van der Waals surface area contributed by atoms with Crippen LogP contribution >= 0.6 is 11.8 Å². The topological polar surface area (TPSA) is 63.9 Å². The lowest BCUT2D eigenvalue weighted by atomic mass is 9.92. The summed E-state index contributed by atoms with van der Waals surface area (Å²) in [4.78, 5) is 19.1. The summed E-state index contributed by atoms with van der Waals surface area (Å²) in [6, 6.07) is 4.37. The summed E-state index contributed by atoms with van der Waals surface area (Å²) in [6.07, 6.45) is 7.05. The first-order valence-electron chi connectivity index (χ1n) is 9.83. The Balaban J connectivity index is 1.52. The van der Waals surface area contributed by atoms with Crippen molar-refractivity contribution in [2.24, 2.45) is 11.8 Å². The Morgan fingerprint density at radius 3 is 2.44 bits per heavy atom. The molecule has 1 aliphatic heterocycles. The number of carbonyl (C=O) groups excluding carboxylic acids is 1. The third-order valence-corrected chi connectivity index (χ3v) is 6.37. The van der Waals surface area contributed by atoms with Gasteiger partial charge < -0.3 is 4.90 Å². The molecule has 144 valence electrons. The number of nitrogens with zero attached hydrogens (tertiary/aromatic N) is 5. The maximum atomic E-state index is 13.0. The van der Waals surface area contributed by atoms with Crippen LogP contribution in [0, 0.1) is 11.8 Å². The van der Waals surface area contributed by atoms with E-state index in [2.05, 4.69) is 33.6 Å². The molecular weight excluding hydrogens is 358 g/mol. The zero-order valence-corrected chi connectivity index (χ0v) is 17.0. The van der Waals surface area contributed by atoms with Crippen LogP contribution in [0.3, 0.4) is 0 Å². The van der Waals surface area contributed by atoms with Crippen molar-refractivity contribution in [2.45, 2.75) is 56.5 Å². The lowest BCUT2D eigenvalue weighted by Gasteiger charge is -2.36. The van der Waals surface area contributed by atoms with Gasteiger partial charge in [0, 0.05) is 37.1 Å². The van der Waals surface area contributed by atoms with Crippen LogP contribution in [0.4, 0.5) is 0 Å². The summed E-state index contributed by atoms with van der Waals surface area (Å²) in [6.45, 7) is 8.20. The molecule has 2 aliphatic rings. The van der Waals surface area contributed by atoms with E-state index in [4.69, 9.17) is 0 Å². The number of pyridine rings is 1. The third-order valence-electron chi connectivity index (χ3n) is 5.33. The van der Waals surface area contributed by atoms with Crippen molar-refractivity contribution in [1.29, 1.82) is 0 Å². The normalized spacial score (nSPS) is 24.0. The number of amides is 1. The fourth-order valence-electron chi connectivity index (χ4n) is 4.03. The molecule has 0 aromatic carbocycles. The molecule has 7 heteroatoms. The first-order valence-corrected chi connectivity index (χ1v) is 10.7. The molecule has 6 nitrogen and oxygen atoms in total. The van der Waals surface area contributed by atoms with E-state index in [0.717, 1.165) is 42.5 Å². The van der Waals surface area contributed by atoms with Crippen molar-refractivity contribution in [3.63, 3.8) is 0 Å². The molecule has 0 N–H and O–H groups in total. The highest BCUT2D eigenvalue weighted by molar-refractivity contribution is 8.00. The Kier molecular flexibility index (Phi) is 5.21. The minimum atomic E-state index is -0.158. The Bertz CT molecular complexity index is 794. The van der Waals surface area contributed by atoms with Gasteiger partial charge in [-0.1, -0.05) is 25.6 Å². The molecule has 3 atom stereocenters. The second-order valence-electron chi connectivity index (χ2n) is 8.09. The molecule has 1 aliphatic carbocycles. The highest BCUT2D eigenvalue weighted by Crippen LogP contribution is 2.41. The van der Waals surface area contributed by atoms with Gasteiger partial charge in [-0.3, -0.25) is 14.3 Å². The molecule has 1 amide bonds. The lowest BCUT2D eigenvalue weighted by molar-refractivity contribution is -0.132. The summed E-state index contributed by atoms with van der Waals surface area (Å²) in [5.41, 5.74) is 1.02. The minimum Gasteiger partial charge on any atom is -0.341 e. The summed E-state index contributed by atoms with van der Waals surface area (Å²) >= 11 is 1.54. The predicted molar refractivity (Wildman–Crippen MR) is 106 cm³/mol. The molecule has 4 rings (SSSR count). The van der Waals surface area contributed by atoms with Gasteiger partial charge in [0.05, 0.1) is 5.25 Å². The van der Waals surface area contributed by atoms with Crippen molar-refractivity contribution in [2.75, 3.05) is 13.1 Å². The van der Waals surface area contributed by atoms with E-state index in [1.807, 2.05) is 24.0 Å². The van der Waals surface area contributed by atoms with Gasteiger partial charge in [-0.15, -0.1) is 10.2 Å². The number of thioether (sulfide) groups is 1. The van der Waals surface area contributed by atoms with Crippen molar-refractivity contribution in [3.8, 4) is 11.4 Å². The van der Waals surface area contributed by atoms with Crippen LogP contribution in [0.15, 0.2) is 29.7 Å². The van der Waals surface area contributed by atoms with Crippen LogP contribution in [-0.2, 0) is 4.79 Å². The third kappa shape index (κ3) is 4.03. The number of rotatable bonds is 5. The van der Waals surface area contributed by atoms with Gasteiger partial charge in [-0.25, -0.2) is 0 Å². The van der Waals surface area contributed by atoms with E-state index in [1.165, 1.54) is 6.42 Å². The quantitative estimate of drug-likeness (QED) is 0.735. The van der Waals surface area contributed by atoms with Gasteiger partial charge in [0.2, 0.25) is 5.91 Å².